The van der Waals surface area contributed by atoms with E-state index in [1.165, 1.54) is 26.2 Å². The number of nitrogens with two attached hydrogens (primary N) is 1. The van der Waals surface area contributed by atoms with Gasteiger partial charge in [-0.25, -0.2) is 0 Å². The number of aliphatic hydroxyl groups is 1. The van der Waals surface area contributed by atoms with Gasteiger partial charge in [-0.05, 0) is 32.7 Å². The molecule has 0 spiro atoms. The second-order valence-electron chi connectivity index (χ2n) is 5.50. The summed E-state index contributed by atoms with van der Waals surface area (Å²) >= 11 is 0. The molecule has 4 nitrogen and oxygen atoms in total. The van der Waals surface area contributed by atoms with Crippen molar-refractivity contribution in [1.29, 1.82) is 0 Å². The largest absolute Gasteiger partial charge is 0.389 e. The van der Waals surface area contributed by atoms with Crippen LogP contribution in [0.4, 0.5) is 0 Å². The highest BCUT2D eigenvalue weighted by Gasteiger charge is 2.34. The molecule has 0 atom stereocenters. The Hall–Kier alpha value is -0.160. The third-order valence-corrected chi connectivity index (χ3v) is 4.32. The predicted molar refractivity (Wildman–Crippen MR) is 65.3 cm³/mol. The van der Waals surface area contributed by atoms with Crippen LogP contribution in [0.2, 0.25) is 0 Å². The number of nitrogens with zero attached hydrogens (tertiary/aromatic N) is 2. The molecule has 0 aromatic heterocycles. The van der Waals surface area contributed by atoms with Gasteiger partial charge < -0.3 is 15.7 Å². The standard InChI is InChI=1S/C12H25N3O/c1-14-6-8-15(9-7-14)11-2-4-12(16,10-13)5-3-11/h11,16H,2-10,13H2,1H3. The highest BCUT2D eigenvalue weighted by molar-refractivity contribution is 4.90. The second-order valence-corrected chi connectivity index (χ2v) is 5.50. The van der Waals surface area contributed by atoms with E-state index in [0.717, 1.165) is 25.7 Å². The maximum Gasteiger partial charge on any atom is 0.0770 e. The number of piperazine rings is 1. The lowest BCUT2D eigenvalue weighted by atomic mass is 9.81. The summed E-state index contributed by atoms with van der Waals surface area (Å²) in [7, 11) is 2.19. The summed E-state index contributed by atoms with van der Waals surface area (Å²) < 4.78 is 0. The van der Waals surface area contributed by atoms with Crippen molar-refractivity contribution in [3.8, 4) is 0 Å². The van der Waals surface area contributed by atoms with Crippen LogP contribution in [0.25, 0.3) is 0 Å². The summed E-state index contributed by atoms with van der Waals surface area (Å²) in [5, 5.41) is 10.1. The highest BCUT2D eigenvalue weighted by atomic mass is 16.3. The van der Waals surface area contributed by atoms with Gasteiger partial charge in [-0.15, -0.1) is 0 Å². The van der Waals surface area contributed by atoms with Crippen LogP contribution < -0.4 is 5.73 Å². The third kappa shape index (κ3) is 2.74. The number of hydrogen-bond acceptors (Lipinski definition) is 4. The molecule has 1 aliphatic heterocycles. The molecular formula is C12H25N3O. The maximum atomic E-state index is 10.1. The Bertz CT molecular complexity index is 218. The number of hydrogen-bond donors (Lipinski definition) is 2. The van der Waals surface area contributed by atoms with Crippen molar-refractivity contribution in [3.63, 3.8) is 0 Å². The van der Waals surface area contributed by atoms with E-state index in [1.54, 1.807) is 0 Å². The van der Waals surface area contributed by atoms with E-state index >= 15 is 0 Å². The van der Waals surface area contributed by atoms with Crippen LogP contribution in [0, 0.1) is 0 Å². The minimum atomic E-state index is -0.566. The molecule has 0 radical (unpaired) electrons. The Kier molecular flexibility index (Phi) is 3.85. The first-order valence-corrected chi connectivity index (χ1v) is 6.48. The first kappa shape index (κ1) is 12.3. The van der Waals surface area contributed by atoms with Gasteiger partial charge in [0.1, 0.15) is 0 Å². The van der Waals surface area contributed by atoms with Crippen LogP contribution >= 0.6 is 0 Å². The minimum absolute atomic E-state index is 0.419. The summed E-state index contributed by atoms with van der Waals surface area (Å²) in [4.78, 5) is 4.98. The van der Waals surface area contributed by atoms with E-state index < -0.39 is 5.60 Å². The van der Waals surface area contributed by atoms with Crippen LogP contribution in [-0.4, -0.2) is 66.3 Å². The fourth-order valence-electron chi connectivity index (χ4n) is 2.90. The van der Waals surface area contributed by atoms with Gasteiger partial charge in [-0.3, -0.25) is 4.90 Å². The van der Waals surface area contributed by atoms with E-state index in [2.05, 4.69) is 16.8 Å². The van der Waals surface area contributed by atoms with Crippen molar-refractivity contribution < 1.29 is 5.11 Å². The molecule has 0 aromatic rings. The van der Waals surface area contributed by atoms with Crippen molar-refractivity contribution in [2.75, 3.05) is 39.8 Å². The lowest BCUT2D eigenvalue weighted by Gasteiger charge is -2.43. The molecule has 4 heteroatoms. The Balaban J connectivity index is 1.80. The van der Waals surface area contributed by atoms with Gasteiger partial charge in [0.2, 0.25) is 0 Å². The fraction of sp³-hybridized carbons (Fsp3) is 1.00. The maximum absolute atomic E-state index is 10.1. The minimum Gasteiger partial charge on any atom is -0.389 e. The van der Waals surface area contributed by atoms with Gasteiger partial charge in [0.05, 0.1) is 5.60 Å². The molecule has 2 aliphatic rings. The van der Waals surface area contributed by atoms with E-state index in [9.17, 15) is 5.11 Å². The molecule has 2 rings (SSSR count). The van der Waals surface area contributed by atoms with E-state index in [0.29, 0.717) is 12.6 Å². The second kappa shape index (κ2) is 5.00. The van der Waals surface area contributed by atoms with E-state index in [4.69, 9.17) is 5.73 Å². The SMILES string of the molecule is CN1CCN(C2CCC(O)(CN)CC2)CC1. The molecule has 1 heterocycles. The van der Waals surface area contributed by atoms with Crippen molar-refractivity contribution >= 4 is 0 Å². The Morgan fingerprint density at radius 1 is 1.19 bits per heavy atom. The van der Waals surface area contributed by atoms with E-state index in [1.807, 2.05) is 0 Å². The highest BCUT2D eigenvalue weighted by Crippen LogP contribution is 2.30. The van der Waals surface area contributed by atoms with Gasteiger partial charge in [-0.1, -0.05) is 0 Å². The molecular weight excluding hydrogens is 202 g/mol. The number of rotatable bonds is 2. The monoisotopic (exact) mass is 227 g/mol. The Morgan fingerprint density at radius 3 is 2.25 bits per heavy atom. The van der Waals surface area contributed by atoms with Crippen LogP contribution in [-0.2, 0) is 0 Å². The van der Waals surface area contributed by atoms with Crippen LogP contribution in [0.5, 0.6) is 0 Å². The topological polar surface area (TPSA) is 52.7 Å². The zero-order valence-corrected chi connectivity index (χ0v) is 10.4. The van der Waals surface area contributed by atoms with Crippen molar-refractivity contribution in [2.45, 2.75) is 37.3 Å². The first-order valence-electron chi connectivity index (χ1n) is 6.48. The predicted octanol–water partition coefficient (Wildman–Crippen LogP) is -0.134. The molecule has 3 N–H and O–H groups in total. The summed E-state index contributed by atoms with van der Waals surface area (Å²) in [5.74, 6) is 0. The van der Waals surface area contributed by atoms with E-state index in [-0.39, 0.29) is 0 Å². The van der Waals surface area contributed by atoms with Crippen molar-refractivity contribution in [1.82, 2.24) is 9.80 Å². The molecule has 1 saturated carbocycles. The van der Waals surface area contributed by atoms with Gasteiger partial charge in [0.15, 0.2) is 0 Å². The lowest BCUT2D eigenvalue weighted by molar-refractivity contribution is -0.0194. The summed E-state index contributed by atoms with van der Waals surface area (Å²) in [6.45, 7) is 5.14. The molecule has 2 fully saturated rings. The van der Waals surface area contributed by atoms with Crippen LogP contribution in [0.3, 0.4) is 0 Å². The Morgan fingerprint density at radius 2 is 1.75 bits per heavy atom. The first-order chi connectivity index (χ1) is 7.63. The average Bonchev–Trinajstić information content (AvgIpc) is 2.32. The van der Waals surface area contributed by atoms with Crippen LogP contribution in [0.15, 0.2) is 0 Å². The molecule has 0 unspecified atom stereocenters. The molecule has 0 bridgehead atoms. The van der Waals surface area contributed by atoms with Crippen molar-refractivity contribution in [3.05, 3.63) is 0 Å². The quantitative estimate of drug-likeness (QED) is 0.690. The zero-order chi connectivity index (χ0) is 11.6. The van der Waals surface area contributed by atoms with Crippen LogP contribution in [0.1, 0.15) is 25.7 Å². The van der Waals surface area contributed by atoms with Crippen molar-refractivity contribution in [2.24, 2.45) is 5.73 Å². The molecule has 1 aliphatic carbocycles. The summed E-state index contributed by atoms with van der Waals surface area (Å²) in [5.41, 5.74) is 5.04. The zero-order valence-electron chi connectivity index (χ0n) is 10.4. The summed E-state index contributed by atoms with van der Waals surface area (Å²) in [6, 6.07) is 0.681. The molecule has 0 aromatic carbocycles. The van der Waals surface area contributed by atoms with Gasteiger partial charge in [0, 0.05) is 38.8 Å². The third-order valence-electron chi connectivity index (χ3n) is 4.32. The normalized spacial score (nSPS) is 38.8. The lowest BCUT2D eigenvalue weighted by Crippen LogP contribution is -2.52. The van der Waals surface area contributed by atoms with Gasteiger partial charge in [-0.2, -0.15) is 0 Å². The average molecular weight is 227 g/mol. The molecule has 94 valence electrons. The molecule has 16 heavy (non-hydrogen) atoms. The smallest absolute Gasteiger partial charge is 0.0770 e. The molecule has 1 saturated heterocycles. The Labute approximate surface area is 98.4 Å². The summed E-state index contributed by atoms with van der Waals surface area (Å²) in [6.07, 6.45) is 3.97. The fourth-order valence-corrected chi connectivity index (χ4v) is 2.90. The van der Waals surface area contributed by atoms with Gasteiger partial charge >= 0.3 is 0 Å². The molecule has 0 amide bonds. The number of likely N-dealkylation sites (N-methyl/N-ethyl adjacent to an activating group) is 1. The van der Waals surface area contributed by atoms with Gasteiger partial charge in [0.25, 0.3) is 0 Å².